The first-order valence-electron chi connectivity index (χ1n) is 8.09. The third-order valence-corrected chi connectivity index (χ3v) is 4.40. The summed E-state index contributed by atoms with van der Waals surface area (Å²) in [5.74, 6) is -0.167. The summed E-state index contributed by atoms with van der Waals surface area (Å²) in [5, 5.41) is 2.69. The molecule has 0 aliphatic carbocycles. The highest BCUT2D eigenvalue weighted by Crippen LogP contribution is 2.16. The van der Waals surface area contributed by atoms with Gasteiger partial charge in [0.25, 0.3) is 5.91 Å². The van der Waals surface area contributed by atoms with Crippen LogP contribution in [0.2, 0.25) is 0 Å². The zero-order chi connectivity index (χ0) is 16.2. The molecule has 3 rings (SSSR count). The van der Waals surface area contributed by atoms with Gasteiger partial charge in [-0.3, -0.25) is 14.5 Å². The minimum absolute atomic E-state index is 0.0751. The van der Waals surface area contributed by atoms with Gasteiger partial charge >= 0.3 is 6.03 Å². The number of hydrogen-bond acceptors (Lipinski definition) is 3. The first-order chi connectivity index (χ1) is 11.1. The lowest BCUT2D eigenvalue weighted by atomic mass is 10.1. The van der Waals surface area contributed by atoms with Crippen molar-refractivity contribution in [1.82, 2.24) is 15.1 Å². The van der Waals surface area contributed by atoms with E-state index in [1.807, 2.05) is 35.2 Å². The van der Waals surface area contributed by atoms with Crippen LogP contribution in [0.5, 0.6) is 0 Å². The van der Waals surface area contributed by atoms with Gasteiger partial charge in [-0.25, -0.2) is 4.79 Å². The molecular formula is C17H21N3O3. The molecule has 6 heteroatoms. The molecule has 23 heavy (non-hydrogen) atoms. The summed E-state index contributed by atoms with van der Waals surface area (Å²) in [6.07, 6.45) is 2.77. The summed E-state index contributed by atoms with van der Waals surface area (Å²) in [6.45, 7) is 1.88. The van der Waals surface area contributed by atoms with Crippen LogP contribution in [0.1, 0.15) is 31.2 Å². The van der Waals surface area contributed by atoms with Crippen LogP contribution < -0.4 is 5.32 Å². The van der Waals surface area contributed by atoms with Crippen LogP contribution in [0.3, 0.4) is 0 Å². The van der Waals surface area contributed by atoms with E-state index >= 15 is 0 Å². The monoisotopic (exact) mass is 315 g/mol. The molecule has 2 fully saturated rings. The summed E-state index contributed by atoms with van der Waals surface area (Å²) in [5.41, 5.74) is 0.907. The van der Waals surface area contributed by atoms with Crippen molar-refractivity contribution in [1.29, 1.82) is 0 Å². The Kier molecular flexibility index (Phi) is 4.60. The first-order valence-corrected chi connectivity index (χ1v) is 8.09. The standard InChI is InChI=1S/C17H21N3O3/c21-15(19-10-4-5-11-19)9-8-14-16(22)20(17(23)18-14)12-13-6-2-1-3-7-13/h1-3,6-7,14H,4-5,8-12H2,(H,18,23)/t14-/m0/s1. The lowest BCUT2D eigenvalue weighted by molar-refractivity contribution is -0.131. The maximum atomic E-state index is 12.4. The fraction of sp³-hybridized carbons (Fsp3) is 0.471. The number of nitrogens with zero attached hydrogens (tertiary/aromatic N) is 2. The average Bonchev–Trinajstić information content (AvgIpc) is 3.18. The number of carbonyl (C=O) groups is 3. The number of nitrogens with one attached hydrogen (secondary N) is 1. The van der Waals surface area contributed by atoms with E-state index in [1.165, 1.54) is 4.90 Å². The average molecular weight is 315 g/mol. The molecule has 2 aliphatic rings. The quantitative estimate of drug-likeness (QED) is 0.837. The molecular weight excluding hydrogens is 294 g/mol. The summed E-state index contributed by atoms with van der Waals surface area (Å²) in [6, 6.07) is 8.44. The third-order valence-electron chi connectivity index (χ3n) is 4.40. The fourth-order valence-corrected chi connectivity index (χ4v) is 3.08. The van der Waals surface area contributed by atoms with E-state index < -0.39 is 6.04 Å². The van der Waals surface area contributed by atoms with E-state index in [2.05, 4.69) is 5.32 Å². The highest BCUT2D eigenvalue weighted by Gasteiger charge is 2.38. The van der Waals surface area contributed by atoms with Crippen molar-refractivity contribution >= 4 is 17.8 Å². The van der Waals surface area contributed by atoms with Gasteiger partial charge in [0.2, 0.25) is 5.91 Å². The molecule has 1 N–H and O–H groups in total. The van der Waals surface area contributed by atoms with Gasteiger partial charge in [0, 0.05) is 19.5 Å². The van der Waals surface area contributed by atoms with Gasteiger partial charge in [-0.15, -0.1) is 0 Å². The molecule has 1 aromatic carbocycles. The van der Waals surface area contributed by atoms with Gasteiger partial charge in [-0.1, -0.05) is 30.3 Å². The van der Waals surface area contributed by atoms with Crippen LogP contribution in [-0.2, 0) is 16.1 Å². The predicted molar refractivity (Wildman–Crippen MR) is 84.4 cm³/mol. The summed E-state index contributed by atoms with van der Waals surface area (Å²) in [4.78, 5) is 39.5. The number of urea groups is 1. The van der Waals surface area contributed by atoms with E-state index in [4.69, 9.17) is 0 Å². The Morgan fingerprint density at radius 2 is 1.83 bits per heavy atom. The molecule has 2 heterocycles. The van der Waals surface area contributed by atoms with Gasteiger partial charge in [0.05, 0.1) is 6.54 Å². The Balaban J connectivity index is 1.54. The van der Waals surface area contributed by atoms with E-state index in [9.17, 15) is 14.4 Å². The van der Waals surface area contributed by atoms with Crippen LogP contribution in [0, 0.1) is 0 Å². The van der Waals surface area contributed by atoms with Crippen LogP contribution in [0.4, 0.5) is 4.79 Å². The Labute approximate surface area is 135 Å². The zero-order valence-electron chi connectivity index (χ0n) is 13.0. The number of amides is 4. The molecule has 6 nitrogen and oxygen atoms in total. The maximum absolute atomic E-state index is 12.4. The zero-order valence-corrected chi connectivity index (χ0v) is 13.0. The van der Waals surface area contributed by atoms with Gasteiger partial charge in [0.15, 0.2) is 0 Å². The van der Waals surface area contributed by atoms with E-state index in [1.54, 1.807) is 0 Å². The molecule has 0 bridgehead atoms. The third kappa shape index (κ3) is 3.52. The number of benzene rings is 1. The highest BCUT2D eigenvalue weighted by atomic mass is 16.2. The largest absolute Gasteiger partial charge is 0.343 e. The van der Waals surface area contributed by atoms with Gasteiger partial charge in [-0.05, 0) is 24.8 Å². The van der Waals surface area contributed by atoms with Gasteiger partial charge < -0.3 is 10.2 Å². The molecule has 0 unspecified atom stereocenters. The van der Waals surface area contributed by atoms with Crippen molar-refractivity contribution in [3.8, 4) is 0 Å². The topological polar surface area (TPSA) is 69.7 Å². The molecule has 2 saturated heterocycles. The smallest absolute Gasteiger partial charge is 0.325 e. The molecule has 0 aromatic heterocycles. The van der Waals surface area contributed by atoms with Crippen molar-refractivity contribution < 1.29 is 14.4 Å². The number of hydrogen-bond donors (Lipinski definition) is 1. The molecule has 122 valence electrons. The van der Waals surface area contributed by atoms with Crippen molar-refractivity contribution in [2.24, 2.45) is 0 Å². The normalized spacial score (nSPS) is 21.0. The molecule has 1 aromatic rings. The van der Waals surface area contributed by atoms with Crippen LogP contribution in [0.15, 0.2) is 30.3 Å². The minimum Gasteiger partial charge on any atom is -0.343 e. The van der Waals surface area contributed by atoms with Crippen molar-refractivity contribution in [2.45, 2.75) is 38.3 Å². The lowest BCUT2D eigenvalue weighted by Gasteiger charge is -2.16. The van der Waals surface area contributed by atoms with Gasteiger partial charge in [0.1, 0.15) is 6.04 Å². The van der Waals surface area contributed by atoms with E-state index in [0.717, 1.165) is 31.5 Å². The van der Waals surface area contributed by atoms with Crippen LogP contribution in [0.25, 0.3) is 0 Å². The Hall–Kier alpha value is -2.37. The predicted octanol–water partition coefficient (Wildman–Crippen LogP) is 1.51. The summed E-state index contributed by atoms with van der Waals surface area (Å²) in [7, 11) is 0. The number of rotatable bonds is 5. The minimum atomic E-state index is -0.585. The molecule has 1 atom stereocenters. The number of carbonyl (C=O) groups excluding carboxylic acids is 3. The Morgan fingerprint density at radius 1 is 1.13 bits per heavy atom. The first kappa shape index (κ1) is 15.5. The maximum Gasteiger partial charge on any atom is 0.325 e. The number of likely N-dealkylation sites (tertiary alicyclic amines) is 1. The van der Waals surface area contributed by atoms with E-state index in [-0.39, 0.29) is 24.4 Å². The van der Waals surface area contributed by atoms with Crippen LogP contribution in [-0.4, -0.2) is 46.8 Å². The summed E-state index contributed by atoms with van der Waals surface area (Å²) < 4.78 is 0. The highest BCUT2D eigenvalue weighted by molar-refractivity contribution is 6.04. The van der Waals surface area contributed by atoms with Crippen molar-refractivity contribution in [3.63, 3.8) is 0 Å². The molecule has 2 aliphatic heterocycles. The second-order valence-corrected chi connectivity index (χ2v) is 6.04. The molecule has 4 amide bonds. The molecule has 0 radical (unpaired) electrons. The molecule has 0 spiro atoms. The molecule has 0 saturated carbocycles. The second-order valence-electron chi connectivity index (χ2n) is 6.04. The Bertz CT molecular complexity index is 596. The van der Waals surface area contributed by atoms with Crippen molar-refractivity contribution in [2.75, 3.05) is 13.1 Å². The second kappa shape index (κ2) is 6.81. The SMILES string of the molecule is O=C(CC[C@@H]1NC(=O)N(Cc2ccccc2)C1=O)N1CCCC1. The lowest BCUT2D eigenvalue weighted by Crippen LogP contribution is -2.33. The summed E-state index contributed by atoms with van der Waals surface area (Å²) >= 11 is 0. The van der Waals surface area contributed by atoms with Gasteiger partial charge in [-0.2, -0.15) is 0 Å². The van der Waals surface area contributed by atoms with Crippen LogP contribution >= 0.6 is 0 Å². The Morgan fingerprint density at radius 3 is 2.52 bits per heavy atom. The van der Waals surface area contributed by atoms with E-state index in [0.29, 0.717) is 12.8 Å². The fourth-order valence-electron chi connectivity index (χ4n) is 3.08. The number of imide groups is 1. The van der Waals surface area contributed by atoms with Crippen molar-refractivity contribution in [3.05, 3.63) is 35.9 Å².